The molecule has 0 aliphatic rings. The molecular formula is C12H15ClN2O4. The highest BCUT2D eigenvalue weighted by Crippen LogP contribution is 2.23. The molecule has 0 spiro atoms. The van der Waals surface area contributed by atoms with Crippen LogP contribution >= 0.6 is 11.6 Å². The number of amides is 1. The fraction of sp³-hybridized carbons (Fsp3) is 0.417. The van der Waals surface area contributed by atoms with Crippen LogP contribution in [0.15, 0.2) is 18.2 Å². The molecule has 0 aliphatic heterocycles. The molecule has 6 nitrogen and oxygen atoms in total. The van der Waals surface area contributed by atoms with E-state index in [0.717, 1.165) is 6.07 Å². The van der Waals surface area contributed by atoms with Crippen molar-refractivity contribution in [3.63, 3.8) is 0 Å². The van der Waals surface area contributed by atoms with Gasteiger partial charge in [0.05, 0.1) is 27.2 Å². The predicted octanol–water partition coefficient (Wildman–Crippen LogP) is 2.14. The van der Waals surface area contributed by atoms with Crippen LogP contribution in [0, 0.1) is 10.1 Å². The van der Waals surface area contributed by atoms with Gasteiger partial charge in [-0.15, -0.1) is 0 Å². The molecule has 0 heterocycles. The summed E-state index contributed by atoms with van der Waals surface area (Å²) in [5, 5.41) is 22.7. The van der Waals surface area contributed by atoms with Gasteiger partial charge in [-0.3, -0.25) is 14.9 Å². The lowest BCUT2D eigenvalue weighted by molar-refractivity contribution is -0.384. The summed E-state index contributed by atoms with van der Waals surface area (Å²) in [6.07, 6.45) is -0.756. The second-order valence-corrected chi connectivity index (χ2v) is 5.18. The van der Waals surface area contributed by atoms with Gasteiger partial charge in [-0.05, 0) is 26.8 Å². The van der Waals surface area contributed by atoms with Crippen molar-refractivity contribution in [2.75, 3.05) is 0 Å². The lowest BCUT2D eigenvalue weighted by Crippen LogP contribution is -2.51. The maximum Gasteiger partial charge on any atom is 0.270 e. The first-order valence-electron chi connectivity index (χ1n) is 5.59. The number of nitrogens with one attached hydrogen (secondary N) is 1. The molecule has 7 heteroatoms. The van der Waals surface area contributed by atoms with Crippen LogP contribution in [0.25, 0.3) is 0 Å². The van der Waals surface area contributed by atoms with Crippen molar-refractivity contribution in [2.24, 2.45) is 0 Å². The van der Waals surface area contributed by atoms with Crippen molar-refractivity contribution < 1.29 is 14.8 Å². The fourth-order valence-corrected chi connectivity index (χ4v) is 1.53. The van der Waals surface area contributed by atoms with E-state index in [4.69, 9.17) is 11.6 Å². The highest BCUT2D eigenvalue weighted by atomic mass is 35.5. The quantitative estimate of drug-likeness (QED) is 0.655. The van der Waals surface area contributed by atoms with Crippen molar-refractivity contribution >= 4 is 23.2 Å². The van der Waals surface area contributed by atoms with E-state index >= 15 is 0 Å². The number of nitrogens with zero attached hydrogens (tertiary/aromatic N) is 1. The number of non-ortho nitro benzene ring substituents is 1. The molecular weight excluding hydrogens is 272 g/mol. The number of hydrogen-bond donors (Lipinski definition) is 2. The average Bonchev–Trinajstić information content (AvgIpc) is 2.27. The molecule has 1 atom stereocenters. The number of aliphatic hydroxyl groups is 1. The van der Waals surface area contributed by atoms with E-state index in [1.807, 2.05) is 0 Å². The second-order valence-electron chi connectivity index (χ2n) is 4.77. The molecule has 19 heavy (non-hydrogen) atoms. The Morgan fingerprint density at radius 3 is 2.53 bits per heavy atom. The summed E-state index contributed by atoms with van der Waals surface area (Å²) in [5.41, 5.74) is -0.889. The van der Waals surface area contributed by atoms with Gasteiger partial charge in [0.1, 0.15) is 0 Å². The summed E-state index contributed by atoms with van der Waals surface area (Å²) in [7, 11) is 0. The summed E-state index contributed by atoms with van der Waals surface area (Å²) < 4.78 is 0. The van der Waals surface area contributed by atoms with Crippen LogP contribution in [-0.4, -0.2) is 27.6 Å². The van der Waals surface area contributed by atoms with Crippen LogP contribution in [-0.2, 0) is 0 Å². The molecule has 1 aromatic rings. The van der Waals surface area contributed by atoms with Crippen molar-refractivity contribution in [1.82, 2.24) is 5.32 Å². The number of nitro groups is 1. The molecule has 2 N–H and O–H groups in total. The number of halogens is 1. The largest absolute Gasteiger partial charge is 0.391 e. The number of benzene rings is 1. The molecule has 1 unspecified atom stereocenters. The minimum Gasteiger partial charge on any atom is -0.391 e. The minimum absolute atomic E-state index is 0.00640. The van der Waals surface area contributed by atoms with E-state index in [2.05, 4.69) is 5.32 Å². The van der Waals surface area contributed by atoms with Gasteiger partial charge in [-0.25, -0.2) is 0 Å². The molecule has 0 radical (unpaired) electrons. The van der Waals surface area contributed by atoms with Crippen LogP contribution in [0.5, 0.6) is 0 Å². The van der Waals surface area contributed by atoms with Crippen molar-refractivity contribution in [1.29, 1.82) is 0 Å². The Balaban J connectivity index is 2.99. The van der Waals surface area contributed by atoms with Gasteiger partial charge in [-0.1, -0.05) is 11.6 Å². The summed E-state index contributed by atoms with van der Waals surface area (Å²) in [4.78, 5) is 22.0. The Hall–Kier alpha value is -1.66. The first kappa shape index (κ1) is 15.4. The molecule has 1 rings (SSSR count). The first-order chi connectivity index (χ1) is 8.65. The second kappa shape index (κ2) is 5.54. The fourth-order valence-electron chi connectivity index (χ4n) is 1.27. The zero-order chi connectivity index (χ0) is 14.8. The highest BCUT2D eigenvalue weighted by Gasteiger charge is 2.27. The van der Waals surface area contributed by atoms with Crippen LogP contribution in [0.2, 0.25) is 5.02 Å². The number of carbonyl (C=O) groups excluding carboxylic acids is 1. The molecule has 1 aromatic carbocycles. The Bertz CT molecular complexity index is 514. The lowest BCUT2D eigenvalue weighted by atomic mass is 9.98. The number of carbonyl (C=O) groups is 1. The summed E-state index contributed by atoms with van der Waals surface area (Å²) in [6.45, 7) is 4.88. The highest BCUT2D eigenvalue weighted by molar-refractivity contribution is 6.34. The van der Waals surface area contributed by atoms with Gasteiger partial charge in [0.2, 0.25) is 0 Å². The van der Waals surface area contributed by atoms with Crippen molar-refractivity contribution in [3.05, 3.63) is 38.9 Å². The van der Waals surface area contributed by atoms with E-state index in [-0.39, 0.29) is 16.3 Å². The zero-order valence-electron chi connectivity index (χ0n) is 10.8. The van der Waals surface area contributed by atoms with Crippen LogP contribution in [0.4, 0.5) is 5.69 Å². The van der Waals surface area contributed by atoms with Gasteiger partial charge < -0.3 is 10.4 Å². The SMILES string of the molecule is CC(O)C(C)(C)NC(=O)c1ccc([N+](=O)[O-])cc1Cl. The van der Waals surface area contributed by atoms with E-state index in [0.29, 0.717) is 0 Å². The average molecular weight is 287 g/mol. The normalized spacial score (nSPS) is 12.9. The molecule has 0 bridgehead atoms. The Labute approximate surface area is 115 Å². The lowest BCUT2D eigenvalue weighted by Gasteiger charge is -2.29. The maximum atomic E-state index is 12.0. The van der Waals surface area contributed by atoms with E-state index < -0.39 is 22.5 Å². The van der Waals surface area contributed by atoms with Gasteiger partial charge in [0.25, 0.3) is 11.6 Å². The standard InChI is InChI=1S/C12H15ClN2O4/c1-7(16)12(2,3)14-11(17)9-5-4-8(15(18)19)6-10(9)13/h4-7,16H,1-3H3,(H,14,17). The molecule has 0 saturated carbocycles. The molecule has 104 valence electrons. The number of nitro benzene ring substituents is 1. The number of aliphatic hydroxyl groups excluding tert-OH is 1. The van der Waals surface area contributed by atoms with Gasteiger partial charge >= 0.3 is 0 Å². The van der Waals surface area contributed by atoms with E-state index in [1.54, 1.807) is 20.8 Å². The summed E-state index contributed by atoms with van der Waals surface area (Å²) in [6, 6.07) is 3.61. The van der Waals surface area contributed by atoms with Crippen molar-refractivity contribution in [2.45, 2.75) is 32.4 Å². The van der Waals surface area contributed by atoms with Crippen LogP contribution in [0.3, 0.4) is 0 Å². The Morgan fingerprint density at radius 1 is 1.53 bits per heavy atom. The third-order valence-electron chi connectivity index (χ3n) is 2.89. The minimum atomic E-state index is -0.831. The molecule has 0 fully saturated rings. The molecule has 0 aliphatic carbocycles. The van der Waals surface area contributed by atoms with Crippen molar-refractivity contribution in [3.8, 4) is 0 Å². The summed E-state index contributed by atoms with van der Waals surface area (Å²) >= 11 is 5.85. The van der Waals surface area contributed by atoms with E-state index in [1.165, 1.54) is 12.1 Å². The number of hydrogen-bond acceptors (Lipinski definition) is 4. The predicted molar refractivity (Wildman–Crippen MR) is 71.3 cm³/mol. The Morgan fingerprint density at radius 2 is 2.11 bits per heavy atom. The zero-order valence-corrected chi connectivity index (χ0v) is 11.6. The van der Waals surface area contributed by atoms with Gasteiger partial charge in [0, 0.05) is 12.1 Å². The molecule has 1 amide bonds. The van der Waals surface area contributed by atoms with Gasteiger partial charge in [0.15, 0.2) is 0 Å². The molecule has 0 aromatic heterocycles. The van der Waals surface area contributed by atoms with Gasteiger partial charge in [-0.2, -0.15) is 0 Å². The maximum absolute atomic E-state index is 12.0. The third kappa shape index (κ3) is 3.65. The van der Waals surface area contributed by atoms with Crippen LogP contribution in [0.1, 0.15) is 31.1 Å². The third-order valence-corrected chi connectivity index (χ3v) is 3.20. The van der Waals surface area contributed by atoms with E-state index in [9.17, 15) is 20.0 Å². The smallest absolute Gasteiger partial charge is 0.270 e. The Kier molecular flexibility index (Phi) is 4.49. The first-order valence-corrected chi connectivity index (χ1v) is 5.97. The van der Waals surface area contributed by atoms with Crippen LogP contribution < -0.4 is 5.32 Å². The molecule has 0 saturated heterocycles. The monoisotopic (exact) mass is 286 g/mol. The number of rotatable bonds is 4. The summed E-state index contributed by atoms with van der Waals surface area (Å²) in [5.74, 6) is -0.495. The topological polar surface area (TPSA) is 92.5 Å².